The summed E-state index contributed by atoms with van der Waals surface area (Å²) in [6, 6.07) is 8.60. The first-order valence-electron chi connectivity index (χ1n) is 12.3. The Bertz CT molecular complexity index is 638. The van der Waals surface area contributed by atoms with Gasteiger partial charge in [-0.25, -0.2) is 4.99 Å². The van der Waals surface area contributed by atoms with Crippen molar-refractivity contribution in [1.82, 2.24) is 15.5 Å². The standard InChI is InChI=1S/C25H42N4O2/c1-2-26-25(27-13-8-16-29-14-5-3-4-6-15-29)28-20-22-9-7-10-23(19-22)21-31-24-11-17-30-18-12-24/h7,9-10,19,24H,2-6,8,11-18,20-21H2,1H3,(H2,26,27,28). The molecule has 1 aromatic carbocycles. The van der Waals surface area contributed by atoms with Crippen LogP contribution in [0, 0.1) is 0 Å². The summed E-state index contributed by atoms with van der Waals surface area (Å²) >= 11 is 0. The normalized spacial score (nSPS) is 19.2. The van der Waals surface area contributed by atoms with Gasteiger partial charge in [-0.15, -0.1) is 0 Å². The van der Waals surface area contributed by atoms with Gasteiger partial charge in [0.25, 0.3) is 0 Å². The van der Waals surface area contributed by atoms with E-state index in [2.05, 4.69) is 46.7 Å². The molecule has 2 saturated heterocycles. The van der Waals surface area contributed by atoms with E-state index in [9.17, 15) is 0 Å². The first-order valence-corrected chi connectivity index (χ1v) is 12.3. The van der Waals surface area contributed by atoms with E-state index >= 15 is 0 Å². The summed E-state index contributed by atoms with van der Waals surface area (Å²) in [4.78, 5) is 7.42. The van der Waals surface area contributed by atoms with Crippen LogP contribution < -0.4 is 10.6 Å². The minimum Gasteiger partial charge on any atom is -0.381 e. The Hall–Kier alpha value is -1.63. The summed E-state index contributed by atoms with van der Waals surface area (Å²) in [5, 5.41) is 6.88. The van der Waals surface area contributed by atoms with Gasteiger partial charge in [-0.05, 0) is 69.8 Å². The van der Waals surface area contributed by atoms with Gasteiger partial charge < -0.3 is 25.0 Å². The van der Waals surface area contributed by atoms with E-state index in [1.54, 1.807) is 0 Å². The fraction of sp³-hybridized carbons (Fsp3) is 0.720. The molecule has 0 aliphatic carbocycles. The van der Waals surface area contributed by atoms with Crippen molar-refractivity contribution in [2.24, 2.45) is 4.99 Å². The van der Waals surface area contributed by atoms with Crippen molar-refractivity contribution >= 4 is 5.96 Å². The summed E-state index contributed by atoms with van der Waals surface area (Å²) in [6.07, 6.45) is 8.99. The van der Waals surface area contributed by atoms with Crippen molar-refractivity contribution in [2.75, 3.05) is 45.9 Å². The van der Waals surface area contributed by atoms with Crippen LogP contribution in [0.1, 0.15) is 63.0 Å². The van der Waals surface area contributed by atoms with Crippen molar-refractivity contribution in [3.05, 3.63) is 35.4 Å². The molecule has 2 N–H and O–H groups in total. The lowest BCUT2D eigenvalue weighted by Crippen LogP contribution is -2.39. The second-order valence-electron chi connectivity index (χ2n) is 8.67. The number of rotatable bonds is 10. The fourth-order valence-corrected chi connectivity index (χ4v) is 4.26. The molecule has 0 radical (unpaired) electrons. The number of aliphatic imine (C=N–C) groups is 1. The van der Waals surface area contributed by atoms with Gasteiger partial charge in [0.1, 0.15) is 0 Å². The topological polar surface area (TPSA) is 58.1 Å². The smallest absolute Gasteiger partial charge is 0.191 e. The summed E-state index contributed by atoms with van der Waals surface area (Å²) < 4.78 is 11.5. The van der Waals surface area contributed by atoms with Crippen molar-refractivity contribution in [3.8, 4) is 0 Å². The van der Waals surface area contributed by atoms with Gasteiger partial charge in [-0.2, -0.15) is 0 Å². The third-order valence-corrected chi connectivity index (χ3v) is 6.05. The van der Waals surface area contributed by atoms with Crippen molar-refractivity contribution in [1.29, 1.82) is 0 Å². The van der Waals surface area contributed by atoms with Crippen LogP contribution in [0.5, 0.6) is 0 Å². The second kappa shape index (κ2) is 14.4. The molecule has 2 heterocycles. The molecule has 2 fully saturated rings. The molecule has 2 aliphatic heterocycles. The molecule has 31 heavy (non-hydrogen) atoms. The average Bonchev–Trinajstić information content (AvgIpc) is 3.09. The van der Waals surface area contributed by atoms with Gasteiger partial charge in [0.2, 0.25) is 0 Å². The molecule has 2 aliphatic rings. The van der Waals surface area contributed by atoms with Crippen LogP contribution in [0.3, 0.4) is 0 Å². The van der Waals surface area contributed by atoms with E-state index in [0.29, 0.717) is 19.3 Å². The van der Waals surface area contributed by atoms with Crippen molar-refractivity contribution in [2.45, 2.75) is 71.1 Å². The molecular formula is C25H42N4O2. The van der Waals surface area contributed by atoms with E-state index in [4.69, 9.17) is 14.5 Å². The second-order valence-corrected chi connectivity index (χ2v) is 8.67. The fourth-order valence-electron chi connectivity index (χ4n) is 4.26. The molecule has 174 valence electrons. The minimum absolute atomic E-state index is 0.328. The lowest BCUT2D eigenvalue weighted by molar-refractivity contribution is -0.0390. The van der Waals surface area contributed by atoms with Gasteiger partial charge in [0.05, 0.1) is 19.3 Å². The monoisotopic (exact) mass is 430 g/mol. The summed E-state index contributed by atoms with van der Waals surface area (Å²) in [7, 11) is 0. The van der Waals surface area contributed by atoms with Crippen molar-refractivity contribution < 1.29 is 9.47 Å². The lowest BCUT2D eigenvalue weighted by Gasteiger charge is -2.22. The zero-order chi connectivity index (χ0) is 21.6. The Kier molecular flexibility index (Phi) is 11.2. The summed E-state index contributed by atoms with van der Waals surface area (Å²) in [5.74, 6) is 0.905. The summed E-state index contributed by atoms with van der Waals surface area (Å²) in [6.45, 7) is 10.6. The minimum atomic E-state index is 0.328. The van der Waals surface area contributed by atoms with Crippen LogP contribution in [0.25, 0.3) is 0 Å². The maximum Gasteiger partial charge on any atom is 0.191 e. The highest BCUT2D eigenvalue weighted by atomic mass is 16.5. The zero-order valence-corrected chi connectivity index (χ0v) is 19.4. The van der Waals surface area contributed by atoms with Crippen LogP contribution in [0.2, 0.25) is 0 Å². The molecule has 3 rings (SSSR count). The largest absolute Gasteiger partial charge is 0.381 e. The predicted octanol–water partition coefficient (Wildman–Crippen LogP) is 3.70. The highest BCUT2D eigenvalue weighted by Gasteiger charge is 2.14. The summed E-state index contributed by atoms with van der Waals surface area (Å²) in [5.41, 5.74) is 2.43. The third kappa shape index (κ3) is 9.58. The molecule has 1 aromatic rings. The molecule has 0 atom stereocenters. The molecule has 0 amide bonds. The Labute approximate surface area is 188 Å². The van der Waals surface area contributed by atoms with Crippen molar-refractivity contribution in [3.63, 3.8) is 0 Å². The maximum absolute atomic E-state index is 6.07. The number of hydrogen-bond donors (Lipinski definition) is 2. The molecule has 0 aromatic heterocycles. The highest BCUT2D eigenvalue weighted by Crippen LogP contribution is 2.15. The van der Waals surface area contributed by atoms with Gasteiger partial charge in [0.15, 0.2) is 5.96 Å². The Morgan fingerprint density at radius 3 is 2.65 bits per heavy atom. The third-order valence-electron chi connectivity index (χ3n) is 6.05. The van der Waals surface area contributed by atoms with E-state index in [1.165, 1.54) is 56.4 Å². The Morgan fingerprint density at radius 2 is 1.87 bits per heavy atom. The van der Waals surface area contributed by atoms with E-state index < -0.39 is 0 Å². The predicted molar refractivity (Wildman–Crippen MR) is 127 cm³/mol. The number of benzene rings is 1. The maximum atomic E-state index is 6.07. The van der Waals surface area contributed by atoms with Crippen LogP contribution in [-0.4, -0.2) is 62.9 Å². The van der Waals surface area contributed by atoms with Gasteiger partial charge in [-0.1, -0.05) is 37.1 Å². The first-order chi connectivity index (χ1) is 15.3. The lowest BCUT2D eigenvalue weighted by atomic mass is 10.1. The van der Waals surface area contributed by atoms with E-state index in [0.717, 1.165) is 51.5 Å². The number of likely N-dealkylation sites (tertiary alicyclic amines) is 1. The quantitative estimate of drug-likeness (QED) is 0.337. The molecule has 6 heteroatoms. The van der Waals surface area contributed by atoms with E-state index in [1.807, 2.05) is 0 Å². The molecule has 0 bridgehead atoms. The number of nitrogens with one attached hydrogen (secondary N) is 2. The molecule has 0 saturated carbocycles. The van der Waals surface area contributed by atoms with Crippen LogP contribution in [0.15, 0.2) is 29.3 Å². The molecular weight excluding hydrogens is 388 g/mol. The zero-order valence-electron chi connectivity index (χ0n) is 19.4. The average molecular weight is 431 g/mol. The molecule has 0 spiro atoms. The molecule has 0 unspecified atom stereocenters. The van der Waals surface area contributed by atoms with Crippen LogP contribution in [-0.2, 0) is 22.6 Å². The number of hydrogen-bond acceptors (Lipinski definition) is 4. The Balaban J connectivity index is 1.41. The first kappa shape index (κ1) is 24.0. The van der Waals surface area contributed by atoms with Crippen LogP contribution >= 0.6 is 0 Å². The van der Waals surface area contributed by atoms with E-state index in [-0.39, 0.29) is 0 Å². The van der Waals surface area contributed by atoms with Gasteiger partial charge in [-0.3, -0.25) is 0 Å². The Morgan fingerprint density at radius 1 is 1.10 bits per heavy atom. The van der Waals surface area contributed by atoms with Crippen LogP contribution in [0.4, 0.5) is 0 Å². The van der Waals surface area contributed by atoms with Gasteiger partial charge >= 0.3 is 0 Å². The highest BCUT2D eigenvalue weighted by molar-refractivity contribution is 5.79. The number of ether oxygens (including phenoxy) is 2. The van der Waals surface area contributed by atoms with Gasteiger partial charge in [0, 0.05) is 26.3 Å². The number of guanidine groups is 1. The molecule has 6 nitrogen and oxygen atoms in total. The number of nitrogens with zero attached hydrogens (tertiary/aromatic N) is 2. The SMILES string of the molecule is CCNC(=NCc1cccc(COC2CCOCC2)c1)NCCCN1CCCCCC1.